The number of benzene rings is 3. The molecule has 34 heavy (non-hydrogen) atoms. The molecular weight excluding hydrogens is 458 g/mol. The average molecular weight is 479 g/mol. The molecule has 5 nitrogen and oxygen atoms in total. The number of aliphatic carboxylic acids is 1. The van der Waals surface area contributed by atoms with E-state index in [2.05, 4.69) is 10.3 Å². The van der Waals surface area contributed by atoms with Crippen molar-refractivity contribution in [1.82, 2.24) is 4.98 Å². The predicted molar refractivity (Wildman–Crippen MR) is 127 cm³/mol. The Bertz CT molecular complexity index is 1400. The molecule has 3 aromatic carbocycles. The van der Waals surface area contributed by atoms with E-state index in [-0.39, 0.29) is 17.3 Å². The van der Waals surface area contributed by atoms with Crippen LogP contribution in [0.1, 0.15) is 29.6 Å². The van der Waals surface area contributed by atoms with Crippen LogP contribution < -0.4 is 5.32 Å². The highest BCUT2D eigenvalue weighted by atomic mass is 32.1. The van der Waals surface area contributed by atoms with Gasteiger partial charge in [0.05, 0.1) is 21.8 Å². The molecule has 1 fully saturated rings. The van der Waals surface area contributed by atoms with Crippen LogP contribution >= 0.6 is 11.3 Å². The number of halogens is 2. The monoisotopic (exact) mass is 478 g/mol. The minimum Gasteiger partial charge on any atom is -0.481 e. The number of hydrogen-bond donors (Lipinski definition) is 2. The number of carbonyl (C=O) groups excluding carboxylic acids is 1. The van der Waals surface area contributed by atoms with Crippen molar-refractivity contribution in [3.05, 3.63) is 77.9 Å². The SMILES string of the molecule is O=C(c1ccc(-c2ccc(Nc3nc4ccc(F)cc4s3)c(F)c2)cc1)[C@H]1CCC[C@H]1C(=O)O. The van der Waals surface area contributed by atoms with Gasteiger partial charge in [0.2, 0.25) is 0 Å². The van der Waals surface area contributed by atoms with Gasteiger partial charge in [-0.25, -0.2) is 13.8 Å². The number of nitrogens with one attached hydrogen (secondary N) is 1. The smallest absolute Gasteiger partial charge is 0.307 e. The molecule has 4 aromatic rings. The highest BCUT2D eigenvalue weighted by Crippen LogP contribution is 2.35. The number of ketones is 1. The average Bonchev–Trinajstić information content (AvgIpc) is 3.47. The Morgan fingerprint density at radius 1 is 0.941 bits per heavy atom. The van der Waals surface area contributed by atoms with Crippen molar-refractivity contribution in [3.63, 3.8) is 0 Å². The van der Waals surface area contributed by atoms with E-state index >= 15 is 0 Å². The summed E-state index contributed by atoms with van der Waals surface area (Å²) in [7, 11) is 0. The summed E-state index contributed by atoms with van der Waals surface area (Å²) >= 11 is 1.23. The Kier molecular flexibility index (Phi) is 5.83. The maximum absolute atomic E-state index is 14.8. The van der Waals surface area contributed by atoms with E-state index in [1.807, 2.05) is 0 Å². The van der Waals surface area contributed by atoms with Crippen molar-refractivity contribution in [2.45, 2.75) is 19.3 Å². The van der Waals surface area contributed by atoms with Crippen LogP contribution in [0.5, 0.6) is 0 Å². The third-order valence-electron chi connectivity index (χ3n) is 6.23. The number of carbonyl (C=O) groups is 2. The number of anilines is 2. The van der Waals surface area contributed by atoms with Crippen molar-refractivity contribution in [1.29, 1.82) is 0 Å². The molecule has 1 aliphatic carbocycles. The number of carboxylic acids is 1. The Morgan fingerprint density at radius 3 is 2.41 bits per heavy atom. The number of thiazole rings is 1. The predicted octanol–water partition coefficient (Wildman–Crippen LogP) is 6.67. The topological polar surface area (TPSA) is 79.3 Å². The van der Waals surface area contributed by atoms with Crippen molar-refractivity contribution in [2.75, 3.05) is 5.32 Å². The number of hydrogen-bond acceptors (Lipinski definition) is 5. The number of rotatable bonds is 6. The molecule has 0 aliphatic heterocycles. The molecular formula is C26H20F2N2O3S. The maximum atomic E-state index is 14.8. The van der Waals surface area contributed by atoms with Gasteiger partial charge in [0.15, 0.2) is 10.9 Å². The van der Waals surface area contributed by atoms with Gasteiger partial charge < -0.3 is 10.4 Å². The van der Waals surface area contributed by atoms with Crippen LogP contribution in [0.25, 0.3) is 21.3 Å². The van der Waals surface area contributed by atoms with Gasteiger partial charge in [0, 0.05) is 11.5 Å². The molecule has 0 unspecified atom stereocenters. The number of Topliss-reactive ketones (excluding diaryl/α,β-unsaturated/α-hetero) is 1. The fourth-order valence-electron chi connectivity index (χ4n) is 4.47. The minimum atomic E-state index is -0.922. The summed E-state index contributed by atoms with van der Waals surface area (Å²) in [6, 6.07) is 15.9. The Hall–Kier alpha value is -3.65. The summed E-state index contributed by atoms with van der Waals surface area (Å²) in [5.41, 5.74) is 2.72. The Labute approximate surface area is 198 Å². The van der Waals surface area contributed by atoms with Crippen molar-refractivity contribution < 1.29 is 23.5 Å². The van der Waals surface area contributed by atoms with Gasteiger partial charge in [-0.1, -0.05) is 48.1 Å². The van der Waals surface area contributed by atoms with Gasteiger partial charge in [-0.3, -0.25) is 9.59 Å². The van der Waals surface area contributed by atoms with Crippen LogP contribution in [0, 0.1) is 23.5 Å². The second-order valence-electron chi connectivity index (χ2n) is 8.37. The lowest BCUT2D eigenvalue weighted by Crippen LogP contribution is -2.25. The first kappa shape index (κ1) is 22.2. The van der Waals surface area contributed by atoms with Crippen LogP contribution in [0.4, 0.5) is 19.6 Å². The van der Waals surface area contributed by atoms with Gasteiger partial charge >= 0.3 is 5.97 Å². The van der Waals surface area contributed by atoms with Crippen molar-refractivity contribution in [2.24, 2.45) is 11.8 Å². The Morgan fingerprint density at radius 2 is 1.68 bits per heavy atom. The molecule has 1 heterocycles. The van der Waals surface area contributed by atoms with E-state index in [1.165, 1.54) is 29.5 Å². The maximum Gasteiger partial charge on any atom is 0.307 e. The largest absolute Gasteiger partial charge is 0.481 e. The quantitative estimate of drug-likeness (QED) is 0.303. The molecule has 0 amide bonds. The molecule has 1 aliphatic rings. The van der Waals surface area contributed by atoms with Crippen LogP contribution in [0.15, 0.2) is 60.7 Å². The standard InChI is InChI=1S/C26H20F2N2O3S/c27-17-9-11-22-23(13-17)34-26(30-22)29-21-10-8-16(12-20(21)28)14-4-6-15(7-5-14)24(31)18-2-1-3-19(18)25(32)33/h4-13,18-19H,1-3H2,(H,29,30)(H,32,33)/t18-,19+/m0/s1. The third-order valence-corrected chi connectivity index (χ3v) is 7.17. The summed E-state index contributed by atoms with van der Waals surface area (Å²) < 4.78 is 28.9. The zero-order chi connectivity index (χ0) is 23.8. The second kappa shape index (κ2) is 8.95. The summed E-state index contributed by atoms with van der Waals surface area (Å²) in [6.45, 7) is 0. The number of carboxylic acid groups (broad SMARTS) is 1. The van der Waals surface area contributed by atoms with E-state index in [0.717, 1.165) is 12.0 Å². The summed E-state index contributed by atoms with van der Waals surface area (Å²) in [5.74, 6) is -3.03. The summed E-state index contributed by atoms with van der Waals surface area (Å²) in [6.07, 6.45) is 1.84. The van der Waals surface area contributed by atoms with E-state index in [0.29, 0.717) is 39.3 Å². The van der Waals surface area contributed by atoms with E-state index in [9.17, 15) is 23.5 Å². The van der Waals surface area contributed by atoms with Crippen LogP contribution in [0.2, 0.25) is 0 Å². The summed E-state index contributed by atoms with van der Waals surface area (Å²) in [5, 5.41) is 12.8. The molecule has 1 aromatic heterocycles. The van der Waals surface area contributed by atoms with Gasteiger partial charge in [-0.2, -0.15) is 0 Å². The van der Waals surface area contributed by atoms with Crippen LogP contribution in [-0.4, -0.2) is 21.8 Å². The lowest BCUT2D eigenvalue weighted by molar-refractivity contribution is -0.142. The fourth-order valence-corrected chi connectivity index (χ4v) is 5.38. The van der Waals surface area contributed by atoms with E-state index < -0.39 is 23.6 Å². The highest BCUT2D eigenvalue weighted by molar-refractivity contribution is 7.22. The zero-order valence-corrected chi connectivity index (χ0v) is 18.7. The first-order valence-electron chi connectivity index (χ1n) is 10.9. The lowest BCUT2D eigenvalue weighted by Gasteiger charge is -2.15. The molecule has 8 heteroatoms. The van der Waals surface area contributed by atoms with Crippen molar-refractivity contribution in [3.8, 4) is 11.1 Å². The minimum absolute atomic E-state index is 0.155. The van der Waals surface area contributed by atoms with E-state index in [4.69, 9.17) is 0 Å². The molecule has 1 saturated carbocycles. The molecule has 5 rings (SSSR count). The molecule has 0 saturated heterocycles. The number of fused-ring (bicyclic) bond motifs is 1. The van der Waals surface area contributed by atoms with Gasteiger partial charge in [-0.15, -0.1) is 0 Å². The van der Waals surface area contributed by atoms with Crippen molar-refractivity contribution >= 4 is 44.1 Å². The van der Waals surface area contributed by atoms with Gasteiger partial charge in [-0.05, 0) is 54.3 Å². The lowest BCUT2D eigenvalue weighted by atomic mass is 9.88. The number of aromatic nitrogens is 1. The molecule has 2 atom stereocenters. The second-order valence-corrected chi connectivity index (χ2v) is 9.41. The summed E-state index contributed by atoms with van der Waals surface area (Å²) in [4.78, 5) is 28.6. The first-order valence-corrected chi connectivity index (χ1v) is 11.7. The molecule has 0 spiro atoms. The fraction of sp³-hybridized carbons (Fsp3) is 0.192. The van der Waals surface area contributed by atoms with E-state index in [1.54, 1.807) is 42.5 Å². The molecule has 2 N–H and O–H groups in total. The van der Waals surface area contributed by atoms with Crippen LogP contribution in [-0.2, 0) is 4.79 Å². The third kappa shape index (κ3) is 4.28. The van der Waals surface area contributed by atoms with Gasteiger partial charge in [0.25, 0.3) is 0 Å². The van der Waals surface area contributed by atoms with Crippen LogP contribution in [0.3, 0.4) is 0 Å². The van der Waals surface area contributed by atoms with Gasteiger partial charge in [0.1, 0.15) is 11.6 Å². The molecule has 0 radical (unpaired) electrons. The molecule has 172 valence electrons. The Balaban J connectivity index is 1.32. The molecule has 0 bridgehead atoms. The normalized spacial score (nSPS) is 17.7. The zero-order valence-electron chi connectivity index (χ0n) is 17.9. The first-order chi connectivity index (χ1) is 16.4. The highest BCUT2D eigenvalue weighted by Gasteiger charge is 2.37. The number of nitrogens with zero attached hydrogens (tertiary/aromatic N) is 1.